The Morgan fingerprint density at radius 2 is 2.10 bits per heavy atom. The van der Waals surface area contributed by atoms with Gasteiger partial charge in [-0.3, -0.25) is 0 Å². The Morgan fingerprint density at radius 3 is 2.67 bits per heavy atom. The van der Waals surface area contributed by atoms with E-state index in [4.69, 9.17) is 9.47 Å². The summed E-state index contributed by atoms with van der Waals surface area (Å²) in [5.74, 6) is 1.70. The Kier molecular flexibility index (Phi) is 3.48. The summed E-state index contributed by atoms with van der Waals surface area (Å²) in [7, 11) is 3.21. The number of hydrogen-bond donors (Lipinski definition) is 0. The quantitative estimate of drug-likeness (QED) is 0.862. The first-order valence-electron chi connectivity index (χ1n) is 6.86. The summed E-state index contributed by atoms with van der Waals surface area (Å²) >= 11 is 0. The highest BCUT2D eigenvalue weighted by molar-refractivity contribution is 5.52. The average molecular weight is 284 g/mol. The van der Waals surface area contributed by atoms with Gasteiger partial charge in [0, 0.05) is 12.0 Å². The second-order valence-corrected chi connectivity index (χ2v) is 5.01. The Morgan fingerprint density at radius 1 is 1.29 bits per heavy atom. The Bertz CT molecular complexity index is 698. The van der Waals surface area contributed by atoms with Gasteiger partial charge in [0.2, 0.25) is 0 Å². The van der Waals surface area contributed by atoms with E-state index in [0.29, 0.717) is 23.1 Å². The fraction of sp³-hybridized carbons (Fsp3) is 0.400. The normalized spacial score (nSPS) is 14.3. The van der Waals surface area contributed by atoms with E-state index in [1.54, 1.807) is 25.0 Å². The summed E-state index contributed by atoms with van der Waals surface area (Å²) in [6.07, 6.45) is 3.32. The lowest BCUT2D eigenvalue weighted by Gasteiger charge is -2.26. The van der Waals surface area contributed by atoms with Crippen LogP contribution in [0.5, 0.6) is 11.5 Å². The van der Waals surface area contributed by atoms with Gasteiger partial charge in [-0.2, -0.15) is 5.26 Å². The van der Waals surface area contributed by atoms with Gasteiger partial charge in [-0.25, -0.2) is 4.68 Å². The van der Waals surface area contributed by atoms with Gasteiger partial charge >= 0.3 is 0 Å². The molecule has 0 amide bonds. The van der Waals surface area contributed by atoms with Gasteiger partial charge in [0.1, 0.15) is 23.3 Å². The standard InChI is InChI=1S/C15H16N4O2/c1-20-11-6-7-13(14(8-11)21-2)19-15(10-4-3-5-10)12(9-16)17-18-19/h6-8,10H,3-5H2,1-2H3. The molecule has 0 atom stereocenters. The van der Waals surface area contributed by atoms with E-state index in [0.717, 1.165) is 24.2 Å². The SMILES string of the molecule is COc1ccc(-n2nnc(C#N)c2C2CCC2)c(OC)c1. The van der Waals surface area contributed by atoms with E-state index < -0.39 is 0 Å². The molecule has 0 spiro atoms. The van der Waals surface area contributed by atoms with Gasteiger partial charge < -0.3 is 9.47 Å². The average Bonchev–Trinajstić information content (AvgIpc) is 2.88. The highest BCUT2D eigenvalue weighted by Crippen LogP contribution is 2.39. The Hall–Kier alpha value is -2.55. The molecule has 1 aromatic carbocycles. The van der Waals surface area contributed by atoms with Crippen molar-refractivity contribution in [3.63, 3.8) is 0 Å². The minimum absolute atomic E-state index is 0.349. The monoisotopic (exact) mass is 284 g/mol. The summed E-state index contributed by atoms with van der Waals surface area (Å²) in [6, 6.07) is 7.65. The molecule has 1 saturated carbocycles. The van der Waals surface area contributed by atoms with Gasteiger partial charge in [-0.15, -0.1) is 5.10 Å². The number of aromatic nitrogens is 3. The number of nitriles is 1. The van der Waals surface area contributed by atoms with E-state index in [1.807, 2.05) is 12.1 Å². The molecule has 6 nitrogen and oxygen atoms in total. The van der Waals surface area contributed by atoms with Gasteiger partial charge in [-0.05, 0) is 25.0 Å². The van der Waals surface area contributed by atoms with Crippen LogP contribution in [0.4, 0.5) is 0 Å². The molecule has 0 aliphatic heterocycles. The molecular weight excluding hydrogens is 268 g/mol. The summed E-state index contributed by atoms with van der Waals surface area (Å²) < 4.78 is 12.3. The maximum absolute atomic E-state index is 9.24. The van der Waals surface area contributed by atoms with Crippen molar-refractivity contribution in [2.24, 2.45) is 0 Å². The third-order valence-corrected chi connectivity index (χ3v) is 3.92. The summed E-state index contributed by atoms with van der Waals surface area (Å²) in [4.78, 5) is 0. The molecule has 0 bridgehead atoms. The van der Waals surface area contributed by atoms with Gasteiger partial charge in [0.25, 0.3) is 0 Å². The number of rotatable bonds is 4. The summed E-state index contributed by atoms with van der Waals surface area (Å²) in [5, 5.41) is 17.4. The van der Waals surface area contributed by atoms with Crippen LogP contribution in [0.1, 0.15) is 36.6 Å². The Labute approximate surface area is 122 Å². The molecule has 2 aromatic rings. The van der Waals surface area contributed by atoms with Crippen molar-refractivity contribution in [1.82, 2.24) is 15.0 Å². The lowest BCUT2D eigenvalue weighted by molar-refractivity contribution is 0.386. The number of methoxy groups -OCH3 is 2. The molecule has 0 radical (unpaired) electrons. The molecule has 1 heterocycles. The molecule has 1 aliphatic rings. The summed E-state index contributed by atoms with van der Waals surface area (Å²) in [6.45, 7) is 0. The zero-order valence-corrected chi connectivity index (χ0v) is 12.0. The number of hydrogen-bond acceptors (Lipinski definition) is 5. The van der Waals surface area contributed by atoms with Crippen molar-refractivity contribution < 1.29 is 9.47 Å². The van der Waals surface area contributed by atoms with E-state index in [9.17, 15) is 5.26 Å². The Balaban J connectivity index is 2.12. The lowest BCUT2D eigenvalue weighted by atomic mass is 9.82. The van der Waals surface area contributed by atoms with Crippen molar-refractivity contribution in [3.8, 4) is 23.3 Å². The molecule has 21 heavy (non-hydrogen) atoms. The topological polar surface area (TPSA) is 73.0 Å². The van der Waals surface area contributed by atoms with Crippen molar-refractivity contribution >= 4 is 0 Å². The smallest absolute Gasteiger partial charge is 0.186 e. The molecule has 108 valence electrons. The third-order valence-electron chi connectivity index (χ3n) is 3.92. The molecule has 1 aromatic heterocycles. The van der Waals surface area contributed by atoms with Crippen molar-refractivity contribution in [2.75, 3.05) is 14.2 Å². The maximum Gasteiger partial charge on any atom is 0.186 e. The lowest BCUT2D eigenvalue weighted by Crippen LogP contribution is -2.16. The van der Waals surface area contributed by atoms with Crippen LogP contribution < -0.4 is 9.47 Å². The van der Waals surface area contributed by atoms with Crippen molar-refractivity contribution in [1.29, 1.82) is 5.26 Å². The first-order chi connectivity index (χ1) is 10.3. The minimum atomic E-state index is 0.349. The van der Waals surface area contributed by atoms with Crippen molar-refractivity contribution in [3.05, 3.63) is 29.6 Å². The zero-order chi connectivity index (χ0) is 14.8. The van der Waals surface area contributed by atoms with Crippen LogP contribution >= 0.6 is 0 Å². The molecule has 1 fully saturated rings. The van der Waals surface area contributed by atoms with Crippen LogP contribution in [-0.4, -0.2) is 29.2 Å². The van der Waals surface area contributed by atoms with E-state index >= 15 is 0 Å². The first kappa shape index (κ1) is 13.4. The van der Waals surface area contributed by atoms with Crippen LogP contribution in [0, 0.1) is 11.3 Å². The number of ether oxygens (including phenoxy) is 2. The maximum atomic E-state index is 9.24. The molecule has 0 saturated heterocycles. The number of benzene rings is 1. The second kappa shape index (κ2) is 5.44. The fourth-order valence-corrected chi connectivity index (χ4v) is 2.55. The van der Waals surface area contributed by atoms with Crippen LogP contribution in [0.3, 0.4) is 0 Å². The predicted molar refractivity (Wildman–Crippen MR) is 75.8 cm³/mol. The fourth-order valence-electron chi connectivity index (χ4n) is 2.55. The second-order valence-electron chi connectivity index (χ2n) is 5.01. The van der Waals surface area contributed by atoms with Crippen LogP contribution in [0.25, 0.3) is 5.69 Å². The molecule has 0 N–H and O–H groups in total. The van der Waals surface area contributed by atoms with E-state index in [1.165, 1.54) is 6.42 Å². The molecule has 1 aliphatic carbocycles. The van der Waals surface area contributed by atoms with E-state index in [2.05, 4.69) is 16.4 Å². The highest BCUT2D eigenvalue weighted by Gasteiger charge is 2.29. The highest BCUT2D eigenvalue weighted by atomic mass is 16.5. The van der Waals surface area contributed by atoms with E-state index in [-0.39, 0.29) is 0 Å². The van der Waals surface area contributed by atoms with Crippen molar-refractivity contribution in [2.45, 2.75) is 25.2 Å². The molecule has 0 unspecified atom stereocenters. The molecule has 6 heteroatoms. The van der Waals surface area contributed by atoms with Crippen LogP contribution in [-0.2, 0) is 0 Å². The first-order valence-corrected chi connectivity index (χ1v) is 6.86. The van der Waals surface area contributed by atoms with Crippen LogP contribution in [0.2, 0.25) is 0 Å². The predicted octanol–water partition coefficient (Wildman–Crippen LogP) is 2.42. The van der Waals surface area contributed by atoms with Crippen LogP contribution in [0.15, 0.2) is 18.2 Å². The van der Waals surface area contributed by atoms with Gasteiger partial charge in [0.15, 0.2) is 5.69 Å². The third kappa shape index (κ3) is 2.21. The van der Waals surface area contributed by atoms with Gasteiger partial charge in [-0.1, -0.05) is 11.6 Å². The minimum Gasteiger partial charge on any atom is -0.497 e. The molecule has 3 rings (SSSR count). The zero-order valence-electron chi connectivity index (χ0n) is 12.0. The number of nitrogens with zero attached hydrogens (tertiary/aromatic N) is 4. The summed E-state index contributed by atoms with van der Waals surface area (Å²) in [5.41, 5.74) is 2.05. The molecular formula is C15H16N4O2. The van der Waals surface area contributed by atoms with Gasteiger partial charge in [0.05, 0.1) is 19.9 Å². The largest absolute Gasteiger partial charge is 0.497 e.